The Balaban J connectivity index is 0.000000472. The van der Waals surface area contributed by atoms with Gasteiger partial charge in [-0.3, -0.25) is 0 Å². The molecule has 0 saturated carbocycles. The number of hydrogen-bond donors (Lipinski definition) is 1. The number of hydrogen-bond acceptors (Lipinski definition) is 5. The second-order valence-electron chi connectivity index (χ2n) is 10.6. The van der Waals surface area contributed by atoms with Gasteiger partial charge in [0.1, 0.15) is 0 Å². The largest absolute Gasteiger partial charge is 0.399 e. The van der Waals surface area contributed by atoms with Crippen molar-refractivity contribution in [3.63, 3.8) is 0 Å². The molecule has 214 valence electrons. The Morgan fingerprint density at radius 3 is 2.35 bits per heavy atom. The van der Waals surface area contributed by atoms with Crippen molar-refractivity contribution in [3.8, 4) is 0 Å². The minimum absolute atomic E-state index is 0.670. The van der Waals surface area contributed by atoms with Crippen LogP contribution in [0.2, 0.25) is 0 Å². The van der Waals surface area contributed by atoms with Crippen LogP contribution in [0.3, 0.4) is 0 Å². The lowest BCUT2D eigenvalue weighted by molar-refractivity contribution is 0.181. The van der Waals surface area contributed by atoms with Crippen molar-refractivity contribution in [2.45, 2.75) is 19.3 Å². The maximum absolute atomic E-state index is 6.40. The molecule has 0 bridgehead atoms. The molecule has 0 aromatic rings. The van der Waals surface area contributed by atoms with E-state index in [1.807, 2.05) is 24.4 Å². The van der Waals surface area contributed by atoms with Gasteiger partial charge in [0.25, 0.3) is 0 Å². The van der Waals surface area contributed by atoms with Crippen molar-refractivity contribution in [2.75, 3.05) is 60.4 Å². The summed E-state index contributed by atoms with van der Waals surface area (Å²) >= 11 is 6.40. The zero-order chi connectivity index (χ0) is 28.9. The summed E-state index contributed by atoms with van der Waals surface area (Å²) in [6.07, 6.45) is 29.5. The molecule has 2 N–H and O–H groups in total. The second kappa shape index (κ2) is 16.1. The van der Waals surface area contributed by atoms with Crippen molar-refractivity contribution < 1.29 is 0 Å². The fraction of sp³-hybridized carbons (Fsp3) is 0.353. The second-order valence-corrected chi connectivity index (χ2v) is 11.1. The average Bonchev–Trinajstić information content (AvgIpc) is 3.40. The van der Waals surface area contributed by atoms with Crippen LogP contribution in [0.5, 0.6) is 0 Å². The number of likely N-dealkylation sites (N-methyl/N-ethyl adjacent to an activating group) is 3. The zero-order valence-corrected chi connectivity index (χ0v) is 25.3. The van der Waals surface area contributed by atoms with Crippen LogP contribution in [0.25, 0.3) is 0 Å². The molecule has 6 heteroatoms. The minimum atomic E-state index is 0.670. The molecule has 40 heavy (non-hydrogen) atoms. The van der Waals surface area contributed by atoms with Crippen molar-refractivity contribution >= 4 is 11.6 Å². The maximum Gasteiger partial charge on any atom is 0.0475 e. The predicted octanol–water partition coefficient (Wildman–Crippen LogP) is 6.25. The normalized spacial score (nSPS) is 19.7. The van der Waals surface area contributed by atoms with E-state index in [0.29, 0.717) is 6.42 Å². The molecule has 5 nitrogen and oxygen atoms in total. The molecule has 1 saturated heterocycles. The molecule has 4 aliphatic rings. The van der Waals surface area contributed by atoms with E-state index in [1.165, 1.54) is 37.3 Å². The van der Waals surface area contributed by atoms with Gasteiger partial charge in [-0.2, -0.15) is 0 Å². The molecule has 1 aliphatic heterocycles. The van der Waals surface area contributed by atoms with E-state index in [-0.39, 0.29) is 0 Å². The third kappa shape index (κ3) is 10.1. The molecule has 0 radical (unpaired) electrons. The van der Waals surface area contributed by atoms with E-state index in [1.54, 1.807) is 0 Å². The van der Waals surface area contributed by atoms with Crippen LogP contribution in [0.4, 0.5) is 0 Å². The van der Waals surface area contributed by atoms with Gasteiger partial charge in [0.05, 0.1) is 0 Å². The number of nitrogens with two attached hydrogens (primary N) is 1. The molecular formula is C34H46ClN5. The highest BCUT2D eigenvalue weighted by molar-refractivity contribution is 6.29. The van der Waals surface area contributed by atoms with E-state index in [4.69, 9.17) is 17.3 Å². The molecule has 0 amide bonds. The van der Waals surface area contributed by atoms with Crippen LogP contribution in [-0.2, 0) is 0 Å². The SMILES string of the molecule is C=CN(CC1=CC=CCC=C1)C1=CCC(Cl)=CC=C1C(=C)N(C)CC1=CCC=CC(N)=C1.CN1CCN(C)CC1. The number of rotatable bonds is 8. The number of allylic oxidation sites excluding steroid dienone is 11. The smallest absolute Gasteiger partial charge is 0.0475 e. The third-order valence-electron chi connectivity index (χ3n) is 7.23. The van der Waals surface area contributed by atoms with Gasteiger partial charge in [-0.05, 0) is 68.6 Å². The summed E-state index contributed by atoms with van der Waals surface area (Å²) in [6.45, 7) is 14.9. The van der Waals surface area contributed by atoms with Gasteiger partial charge >= 0.3 is 0 Å². The fourth-order valence-corrected chi connectivity index (χ4v) is 4.80. The van der Waals surface area contributed by atoms with Crippen molar-refractivity contribution in [2.24, 2.45) is 5.73 Å². The summed E-state index contributed by atoms with van der Waals surface area (Å²) < 4.78 is 0. The zero-order valence-electron chi connectivity index (χ0n) is 24.5. The van der Waals surface area contributed by atoms with Gasteiger partial charge in [-0.1, -0.05) is 73.4 Å². The van der Waals surface area contributed by atoms with Crippen molar-refractivity contribution in [3.05, 3.63) is 131 Å². The number of piperazine rings is 1. The molecule has 0 aromatic heterocycles. The van der Waals surface area contributed by atoms with E-state index in [0.717, 1.165) is 53.6 Å². The quantitative estimate of drug-likeness (QED) is 0.380. The monoisotopic (exact) mass is 559 g/mol. The standard InChI is InChI=1S/C28H32ClN3.C6H14N2/c1-4-32(21-23-11-7-5-6-8-12-23)28-18-16-25(29)15-17-27(28)22(2)31(3)20-24-13-9-10-14-26(30)19-24;1-7-3-5-8(2)6-4-7/h4-5,7-8,10-15,17-19H,1-2,6,9,16,20-21,30H2,3H3;3-6H2,1-2H3. The van der Waals surface area contributed by atoms with Crippen molar-refractivity contribution in [1.29, 1.82) is 0 Å². The summed E-state index contributed by atoms with van der Waals surface area (Å²) in [6, 6.07) is 0. The van der Waals surface area contributed by atoms with E-state index in [9.17, 15) is 0 Å². The van der Waals surface area contributed by atoms with E-state index < -0.39 is 0 Å². The van der Waals surface area contributed by atoms with Crippen LogP contribution in [0, 0.1) is 0 Å². The van der Waals surface area contributed by atoms with Gasteiger partial charge < -0.3 is 25.3 Å². The predicted molar refractivity (Wildman–Crippen MR) is 173 cm³/mol. The van der Waals surface area contributed by atoms with Crippen LogP contribution < -0.4 is 5.73 Å². The molecule has 3 aliphatic carbocycles. The van der Waals surface area contributed by atoms with E-state index in [2.05, 4.69) is 109 Å². The topological polar surface area (TPSA) is 39.0 Å². The molecule has 1 fully saturated rings. The molecule has 1 heterocycles. The molecule has 0 atom stereocenters. The lowest BCUT2D eigenvalue weighted by Crippen LogP contribution is -2.42. The first-order valence-electron chi connectivity index (χ1n) is 14.1. The van der Waals surface area contributed by atoms with Gasteiger partial charge in [0.2, 0.25) is 0 Å². The lowest BCUT2D eigenvalue weighted by atomic mass is 10.0. The number of nitrogens with zero attached hydrogens (tertiary/aromatic N) is 4. The van der Waals surface area contributed by atoms with Crippen LogP contribution in [-0.4, -0.2) is 80.0 Å². The molecule has 0 unspecified atom stereocenters. The Morgan fingerprint density at radius 2 is 1.65 bits per heavy atom. The fourth-order valence-electron chi connectivity index (χ4n) is 4.66. The van der Waals surface area contributed by atoms with Crippen LogP contribution in [0.15, 0.2) is 131 Å². The summed E-state index contributed by atoms with van der Waals surface area (Å²) in [5, 5.41) is 0.793. The third-order valence-corrected chi connectivity index (χ3v) is 7.51. The first-order valence-corrected chi connectivity index (χ1v) is 14.4. The highest BCUT2D eigenvalue weighted by atomic mass is 35.5. The molecule has 0 spiro atoms. The van der Waals surface area contributed by atoms with Gasteiger partial charge in [0.15, 0.2) is 0 Å². The maximum atomic E-state index is 6.40. The Hall–Kier alpha value is -3.25. The Labute approximate surface area is 247 Å². The van der Waals surface area contributed by atoms with E-state index >= 15 is 0 Å². The summed E-state index contributed by atoms with van der Waals surface area (Å²) in [4.78, 5) is 9.04. The minimum Gasteiger partial charge on any atom is -0.399 e. The lowest BCUT2D eigenvalue weighted by Gasteiger charge is -2.30. The first-order chi connectivity index (χ1) is 19.3. The first kappa shape index (κ1) is 31.3. The number of halogens is 1. The van der Waals surface area contributed by atoms with Gasteiger partial charge in [0, 0.05) is 80.4 Å². The molecule has 0 aromatic carbocycles. The van der Waals surface area contributed by atoms with Crippen molar-refractivity contribution in [1.82, 2.24) is 19.6 Å². The van der Waals surface area contributed by atoms with Crippen LogP contribution in [0.1, 0.15) is 19.3 Å². The Morgan fingerprint density at radius 1 is 0.950 bits per heavy atom. The molecule has 4 rings (SSSR count). The highest BCUT2D eigenvalue weighted by Crippen LogP contribution is 2.30. The molecular weight excluding hydrogens is 514 g/mol. The van der Waals surface area contributed by atoms with Gasteiger partial charge in [-0.15, -0.1) is 0 Å². The summed E-state index contributed by atoms with van der Waals surface area (Å²) in [5.41, 5.74) is 12.2. The Kier molecular flexibility index (Phi) is 12.6. The highest BCUT2D eigenvalue weighted by Gasteiger charge is 2.20. The van der Waals surface area contributed by atoms with Gasteiger partial charge in [-0.25, -0.2) is 0 Å². The average molecular weight is 560 g/mol. The summed E-state index contributed by atoms with van der Waals surface area (Å²) in [5.74, 6) is 0. The Bertz CT molecular complexity index is 1170. The summed E-state index contributed by atoms with van der Waals surface area (Å²) in [7, 11) is 6.40. The van der Waals surface area contributed by atoms with Crippen LogP contribution >= 0.6 is 11.6 Å².